The lowest BCUT2D eigenvalue weighted by atomic mass is 9.98. The molecule has 2 aromatic heterocycles. The lowest BCUT2D eigenvalue weighted by molar-refractivity contribution is 0.0926. The Morgan fingerprint density at radius 2 is 2.13 bits per heavy atom. The number of furan rings is 1. The van der Waals surface area contributed by atoms with Gasteiger partial charge in [-0.1, -0.05) is 15.9 Å². The van der Waals surface area contributed by atoms with Gasteiger partial charge in [-0.05, 0) is 50.5 Å². The third kappa shape index (κ3) is 3.24. The van der Waals surface area contributed by atoms with Crippen LogP contribution in [0, 0.1) is 25.2 Å². The number of nitrogens with zero attached hydrogens (tertiary/aromatic N) is 2. The number of aryl methyl sites for hydroxylation is 1. The average molecular weight is 471 g/mol. The number of carbonyl (C=O) groups is 1. The first-order chi connectivity index (χ1) is 14.3. The van der Waals surface area contributed by atoms with Crippen molar-refractivity contribution in [3.8, 4) is 11.9 Å². The number of hydrogen-bond acceptors (Lipinski definition) is 6. The van der Waals surface area contributed by atoms with Crippen molar-refractivity contribution in [3.05, 3.63) is 61.0 Å². The first kappa shape index (κ1) is 20.4. The predicted octanol–water partition coefficient (Wildman–Crippen LogP) is 3.96. The summed E-state index contributed by atoms with van der Waals surface area (Å²) in [5, 5.41) is 21.2. The minimum absolute atomic E-state index is 0.0627. The van der Waals surface area contributed by atoms with Crippen molar-refractivity contribution in [2.24, 2.45) is 0 Å². The molecule has 3 aromatic rings. The number of ketones is 1. The molecule has 1 aliphatic heterocycles. The summed E-state index contributed by atoms with van der Waals surface area (Å²) < 4.78 is 13.2. The van der Waals surface area contributed by atoms with E-state index in [1.807, 2.05) is 12.1 Å². The Hall–Kier alpha value is -2.89. The van der Waals surface area contributed by atoms with E-state index >= 15 is 0 Å². The number of carbonyl (C=O) groups excluding carboxylic acids is 1. The molecule has 1 N–H and O–H groups in total. The van der Waals surface area contributed by atoms with E-state index < -0.39 is 17.2 Å². The molecule has 0 radical (unpaired) electrons. The normalized spacial score (nSPS) is 16.1. The van der Waals surface area contributed by atoms with Crippen molar-refractivity contribution in [1.82, 2.24) is 4.57 Å². The Morgan fingerprint density at radius 3 is 2.80 bits per heavy atom. The molecule has 1 unspecified atom stereocenters. The fourth-order valence-corrected chi connectivity index (χ4v) is 4.27. The van der Waals surface area contributed by atoms with E-state index in [4.69, 9.17) is 9.15 Å². The van der Waals surface area contributed by atoms with E-state index in [9.17, 15) is 20.0 Å². The molecule has 0 bridgehead atoms. The maximum atomic E-state index is 13.4. The highest BCUT2D eigenvalue weighted by Crippen LogP contribution is 2.32. The van der Waals surface area contributed by atoms with Crippen LogP contribution in [0.2, 0.25) is 0 Å². The van der Waals surface area contributed by atoms with Crippen LogP contribution in [0.25, 0.3) is 11.0 Å². The molecule has 30 heavy (non-hydrogen) atoms. The van der Waals surface area contributed by atoms with Crippen molar-refractivity contribution in [3.63, 3.8) is 0 Å². The van der Waals surface area contributed by atoms with E-state index in [1.54, 1.807) is 19.1 Å². The topological polar surface area (TPSA) is 105 Å². The fourth-order valence-electron chi connectivity index (χ4n) is 3.91. The molecular weight excluding hydrogens is 452 g/mol. The van der Waals surface area contributed by atoms with Crippen molar-refractivity contribution in [2.45, 2.75) is 39.3 Å². The molecule has 0 amide bonds. The molecule has 0 aliphatic carbocycles. The zero-order valence-corrected chi connectivity index (χ0v) is 18.1. The van der Waals surface area contributed by atoms with Crippen molar-refractivity contribution in [1.29, 1.82) is 5.26 Å². The van der Waals surface area contributed by atoms with Crippen LogP contribution in [0.4, 0.5) is 0 Å². The molecule has 1 atom stereocenters. The first-order valence-electron chi connectivity index (χ1n) is 9.55. The molecule has 1 saturated heterocycles. The van der Waals surface area contributed by atoms with Gasteiger partial charge in [0, 0.05) is 22.0 Å². The summed E-state index contributed by atoms with van der Waals surface area (Å²) in [6, 6.07) is 7.27. The maximum Gasteiger partial charge on any atom is 0.271 e. The second-order valence-corrected chi connectivity index (χ2v) is 8.30. The first-order valence-corrected chi connectivity index (χ1v) is 10.3. The zero-order chi connectivity index (χ0) is 21.6. The smallest absolute Gasteiger partial charge is 0.271 e. The van der Waals surface area contributed by atoms with E-state index in [1.165, 1.54) is 6.92 Å². The lowest BCUT2D eigenvalue weighted by Crippen LogP contribution is -2.30. The number of aromatic nitrogens is 1. The SMILES string of the molecule is Cc1c(C(=O)c2oc3ccc(Br)cc3c2C)c(O)n(CC2CCCO2)c(=O)c1C#N. The van der Waals surface area contributed by atoms with Gasteiger partial charge in [-0.3, -0.25) is 14.2 Å². The van der Waals surface area contributed by atoms with Crippen LogP contribution in [0.3, 0.4) is 0 Å². The Kier molecular flexibility index (Phi) is 5.26. The van der Waals surface area contributed by atoms with Crippen LogP contribution >= 0.6 is 15.9 Å². The van der Waals surface area contributed by atoms with Crippen LogP contribution in [0.5, 0.6) is 5.88 Å². The highest BCUT2D eigenvalue weighted by atomic mass is 79.9. The molecule has 1 aromatic carbocycles. The number of pyridine rings is 1. The Balaban J connectivity index is 1.90. The number of benzene rings is 1. The second-order valence-electron chi connectivity index (χ2n) is 7.39. The summed E-state index contributed by atoms with van der Waals surface area (Å²) in [4.78, 5) is 26.2. The van der Waals surface area contributed by atoms with Crippen LogP contribution < -0.4 is 5.56 Å². The molecule has 3 heterocycles. The van der Waals surface area contributed by atoms with E-state index in [0.29, 0.717) is 17.8 Å². The number of halogens is 1. The van der Waals surface area contributed by atoms with Gasteiger partial charge in [0.1, 0.15) is 17.2 Å². The third-order valence-electron chi connectivity index (χ3n) is 5.54. The monoisotopic (exact) mass is 470 g/mol. The lowest BCUT2D eigenvalue weighted by Gasteiger charge is -2.17. The highest BCUT2D eigenvalue weighted by Gasteiger charge is 2.30. The fraction of sp³-hybridized carbons (Fsp3) is 0.318. The number of ether oxygens (including phenoxy) is 1. The molecule has 1 fully saturated rings. The van der Waals surface area contributed by atoms with Crippen LogP contribution in [-0.2, 0) is 11.3 Å². The molecular formula is C22H19BrN2O5. The molecule has 1 aliphatic rings. The zero-order valence-electron chi connectivity index (χ0n) is 16.5. The molecule has 4 rings (SSSR count). The molecule has 0 saturated carbocycles. The van der Waals surface area contributed by atoms with Gasteiger partial charge in [0.25, 0.3) is 5.56 Å². The Bertz CT molecular complexity index is 1280. The number of rotatable bonds is 4. The number of nitriles is 1. The van der Waals surface area contributed by atoms with Crippen LogP contribution in [0.1, 0.15) is 45.7 Å². The average Bonchev–Trinajstić information content (AvgIpc) is 3.34. The summed E-state index contributed by atoms with van der Waals surface area (Å²) in [7, 11) is 0. The van der Waals surface area contributed by atoms with Gasteiger partial charge < -0.3 is 14.3 Å². The van der Waals surface area contributed by atoms with Crippen molar-refractivity contribution < 1.29 is 19.1 Å². The van der Waals surface area contributed by atoms with Crippen molar-refractivity contribution >= 4 is 32.7 Å². The van der Waals surface area contributed by atoms with Gasteiger partial charge in [0.2, 0.25) is 11.7 Å². The van der Waals surface area contributed by atoms with E-state index in [-0.39, 0.29) is 35.1 Å². The third-order valence-corrected chi connectivity index (χ3v) is 6.04. The predicted molar refractivity (Wildman–Crippen MR) is 113 cm³/mol. The Morgan fingerprint density at radius 1 is 1.37 bits per heavy atom. The van der Waals surface area contributed by atoms with Crippen LogP contribution in [-0.4, -0.2) is 28.2 Å². The number of fused-ring (bicyclic) bond motifs is 1. The summed E-state index contributed by atoms with van der Waals surface area (Å²) in [5.74, 6) is -0.988. The van der Waals surface area contributed by atoms with Gasteiger partial charge in [0.15, 0.2) is 5.76 Å². The van der Waals surface area contributed by atoms with Crippen LogP contribution in [0.15, 0.2) is 31.9 Å². The number of aromatic hydroxyl groups is 1. The summed E-state index contributed by atoms with van der Waals surface area (Å²) in [6.07, 6.45) is 1.34. The largest absolute Gasteiger partial charge is 0.494 e. The summed E-state index contributed by atoms with van der Waals surface area (Å²) in [5.41, 5.74) is 0.366. The van der Waals surface area contributed by atoms with E-state index in [0.717, 1.165) is 27.3 Å². The second kappa shape index (κ2) is 7.74. The van der Waals surface area contributed by atoms with Gasteiger partial charge in [0.05, 0.1) is 18.2 Å². The van der Waals surface area contributed by atoms with Crippen molar-refractivity contribution in [2.75, 3.05) is 6.61 Å². The maximum absolute atomic E-state index is 13.4. The standard InChI is InChI=1S/C22H19BrN2O5/c1-11-16(9-24)21(27)25(10-14-4-3-7-29-14)22(28)18(11)19(26)20-12(2)15-8-13(23)5-6-17(15)30-20/h5-6,8,14,28H,3-4,7,10H2,1-2H3. The Labute approximate surface area is 180 Å². The highest BCUT2D eigenvalue weighted by molar-refractivity contribution is 9.10. The van der Waals surface area contributed by atoms with Gasteiger partial charge in [-0.25, -0.2) is 0 Å². The molecule has 7 nitrogen and oxygen atoms in total. The minimum Gasteiger partial charge on any atom is -0.494 e. The van der Waals surface area contributed by atoms with Gasteiger partial charge >= 0.3 is 0 Å². The molecule has 0 spiro atoms. The summed E-state index contributed by atoms with van der Waals surface area (Å²) in [6.45, 7) is 3.89. The quantitative estimate of drug-likeness (QED) is 0.578. The van der Waals surface area contributed by atoms with Gasteiger partial charge in [-0.15, -0.1) is 0 Å². The van der Waals surface area contributed by atoms with E-state index in [2.05, 4.69) is 15.9 Å². The number of hydrogen-bond donors (Lipinski definition) is 1. The minimum atomic E-state index is -0.634. The summed E-state index contributed by atoms with van der Waals surface area (Å²) >= 11 is 3.41. The molecule has 154 valence electrons. The molecule has 8 heteroatoms. The van der Waals surface area contributed by atoms with Gasteiger partial charge in [-0.2, -0.15) is 5.26 Å².